The van der Waals surface area contributed by atoms with Crippen LogP contribution in [-0.2, 0) is 6.54 Å². The molecule has 0 spiro atoms. The van der Waals surface area contributed by atoms with E-state index >= 15 is 0 Å². The highest BCUT2D eigenvalue weighted by Crippen LogP contribution is 2.34. The lowest BCUT2D eigenvalue weighted by Gasteiger charge is -2.31. The summed E-state index contributed by atoms with van der Waals surface area (Å²) in [4.78, 5) is 17.6. The van der Waals surface area contributed by atoms with Gasteiger partial charge in [-0.3, -0.25) is 9.69 Å². The Morgan fingerprint density at radius 3 is 2.00 bits per heavy atom. The van der Waals surface area contributed by atoms with Crippen LogP contribution in [-0.4, -0.2) is 46.0 Å². The van der Waals surface area contributed by atoms with Crippen molar-refractivity contribution in [2.45, 2.75) is 59.2 Å². The molecule has 188 valence electrons. The van der Waals surface area contributed by atoms with Crippen LogP contribution in [0.5, 0.6) is 5.75 Å². The summed E-state index contributed by atoms with van der Waals surface area (Å²) in [6, 6.07) is 26.5. The normalized spacial score (nSPS) is 14.3. The van der Waals surface area contributed by atoms with Crippen molar-refractivity contribution >= 4 is 11.5 Å². The van der Waals surface area contributed by atoms with E-state index in [4.69, 9.17) is 0 Å². The highest BCUT2D eigenvalue weighted by Gasteiger charge is 2.23. The number of benzene rings is 3. The molecule has 0 aromatic heterocycles. The smallest absolute Gasteiger partial charge is 0.254 e. The van der Waals surface area contributed by atoms with Gasteiger partial charge in [0.2, 0.25) is 0 Å². The standard InChI is InChI=1S/C32H38N2O2/c1-23(2)34(24(3)4)32(36)28-15-13-26(14-16-28)31(29-11-8-12-30(35)21-29)27-17-19-33(20-18-27)22-25-9-6-5-7-10-25/h5-16,21,23-24,35H,17-20,22H2,1-4H3. The summed E-state index contributed by atoms with van der Waals surface area (Å²) in [5.41, 5.74) is 6.73. The predicted octanol–water partition coefficient (Wildman–Crippen LogP) is 6.75. The van der Waals surface area contributed by atoms with Gasteiger partial charge in [-0.1, -0.05) is 60.2 Å². The van der Waals surface area contributed by atoms with E-state index in [1.54, 1.807) is 6.07 Å². The lowest BCUT2D eigenvalue weighted by Crippen LogP contribution is -2.42. The first-order valence-corrected chi connectivity index (χ1v) is 13.0. The molecule has 1 fully saturated rings. The molecule has 0 atom stereocenters. The molecule has 36 heavy (non-hydrogen) atoms. The zero-order valence-electron chi connectivity index (χ0n) is 21.9. The summed E-state index contributed by atoms with van der Waals surface area (Å²) in [7, 11) is 0. The maximum atomic E-state index is 13.2. The molecule has 1 amide bonds. The molecule has 0 bridgehead atoms. The minimum atomic E-state index is 0.0623. The van der Waals surface area contributed by atoms with Crippen molar-refractivity contribution < 1.29 is 9.90 Å². The first-order chi connectivity index (χ1) is 17.3. The molecule has 0 unspecified atom stereocenters. The molecule has 4 nitrogen and oxygen atoms in total. The number of hydrogen-bond acceptors (Lipinski definition) is 3. The second-order valence-corrected chi connectivity index (χ2v) is 10.3. The summed E-state index contributed by atoms with van der Waals surface area (Å²) in [6.07, 6.45) is 1.96. The Morgan fingerprint density at radius 2 is 1.42 bits per heavy atom. The Labute approximate surface area is 215 Å². The second kappa shape index (κ2) is 11.6. The number of piperidine rings is 1. The number of rotatable bonds is 7. The third-order valence-corrected chi connectivity index (χ3v) is 6.96. The van der Waals surface area contributed by atoms with Crippen molar-refractivity contribution in [2.75, 3.05) is 13.1 Å². The highest BCUT2D eigenvalue weighted by atomic mass is 16.3. The minimum absolute atomic E-state index is 0.0623. The third-order valence-electron chi connectivity index (χ3n) is 6.96. The van der Waals surface area contributed by atoms with Crippen molar-refractivity contribution in [1.82, 2.24) is 9.80 Å². The molecule has 1 aliphatic heterocycles. The van der Waals surface area contributed by atoms with E-state index < -0.39 is 0 Å². The molecule has 1 heterocycles. The van der Waals surface area contributed by atoms with Crippen molar-refractivity contribution in [3.63, 3.8) is 0 Å². The van der Waals surface area contributed by atoms with Crippen molar-refractivity contribution in [3.05, 3.63) is 107 Å². The average molecular weight is 483 g/mol. The van der Waals surface area contributed by atoms with E-state index in [0.717, 1.165) is 43.6 Å². The number of hydrogen-bond donors (Lipinski definition) is 1. The van der Waals surface area contributed by atoms with Gasteiger partial charge in [-0.15, -0.1) is 0 Å². The molecule has 1 saturated heterocycles. The van der Waals surface area contributed by atoms with Gasteiger partial charge in [0, 0.05) is 37.3 Å². The summed E-state index contributed by atoms with van der Waals surface area (Å²) in [6.45, 7) is 11.2. The summed E-state index contributed by atoms with van der Waals surface area (Å²) in [5, 5.41) is 10.2. The third kappa shape index (κ3) is 6.06. The Morgan fingerprint density at radius 1 is 0.806 bits per heavy atom. The number of nitrogens with zero attached hydrogens (tertiary/aromatic N) is 2. The van der Waals surface area contributed by atoms with E-state index in [1.165, 1.54) is 16.7 Å². The molecule has 3 aromatic carbocycles. The second-order valence-electron chi connectivity index (χ2n) is 10.3. The molecule has 1 aliphatic rings. The highest BCUT2D eigenvalue weighted by molar-refractivity contribution is 5.95. The molecule has 4 heteroatoms. The predicted molar refractivity (Wildman–Crippen MR) is 148 cm³/mol. The maximum Gasteiger partial charge on any atom is 0.254 e. The molecule has 0 aliphatic carbocycles. The van der Waals surface area contributed by atoms with E-state index in [-0.39, 0.29) is 23.7 Å². The number of aromatic hydroxyl groups is 1. The molecular formula is C32H38N2O2. The van der Waals surface area contributed by atoms with Crippen LogP contribution in [0, 0.1) is 0 Å². The van der Waals surface area contributed by atoms with Crippen LogP contribution in [0.1, 0.15) is 67.6 Å². The Kier molecular flexibility index (Phi) is 8.27. The zero-order chi connectivity index (χ0) is 25.7. The lowest BCUT2D eigenvalue weighted by molar-refractivity contribution is 0.0643. The first kappa shape index (κ1) is 25.7. The van der Waals surface area contributed by atoms with Gasteiger partial charge in [-0.05, 0) is 87.1 Å². The lowest BCUT2D eigenvalue weighted by atomic mass is 9.88. The van der Waals surface area contributed by atoms with E-state index in [2.05, 4.69) is 81.1 Å². The van der Waals surface area contributed by atoms with Crippen LogP contribution in [0.25, 0.3) is 5.57 Å². The van der Waals surface area contributed by atoms with Crippen molar-refractivity contribution in [2.24, 2.45) is 0 Å². The fourth-order valence-corrected chi connectivity index (χ4v) is 5.30. The van der Waals surface area contributed by atoms with Gasteiger partial charge in [0.05, 0.1) is 0 Å². The summed E-state index contributed by atoms with van der Waals surface area (Å²) in [5.74, 6) is 0.329. The maximum absolute atomic E-state index is 13.2. The van der Waals surface area contributed by atoms with Crippen LogP contribution in [0.3, 0.4) is 0 Å². The summed E-state index contributed by atoms with van der Waals surface area (Å²) < 4.78 is 0. The molecule has 3 aromatic rings. The first-order valence-electron chi connectivity index (χ1n) is 13.0. The molecular weight excluding hydrogens is 444 g/mol. The van der Waals surface area contributed by atoms with Crippen LogP contribution in [0.15, 0.2) is 84.4 Å². The quantitative estimate of drug-likeness (QED) is 0.405. The van der Waals surface area contributed by atoms with Gasteiger partial charge in [-0.25, -0.2) is 0 Å². The Hall–Kier alpha value is -3.37. The van der Waals surface area contributed by atoms with Gasteiger partial charge in [0.1, 0.15) is 5.75 Å². The van der Waals surface area contributed by atoms with Gasteiger partial charge in [0.15, 0.2) is 0 Å². The number of phenols is 1. The Bertz CT molecular complexity index is 1180. The van der Waals surface area contributed by atoms with E-state index in [1.807, 2.05) is 29.2 Å². The van der Waals surface area contributed by atoms with Crippen LogP contribution in [0.4, 0.5) is 0 Å². The molecule has 0 saturated carbocycles. The van der Waals surface area contributed by atoms with Gasteiger partial charge in [-0.2, -0.15) is 0 Å². The fraction of sp³-hybridized carbons (Fsp3) is 0.344. The zero-order valence-corrected chi connectivity index (χ0v) is 21.9. The van der Waals surface area contributed by atoms with E-state index in [9.17, 15) is 9.90 Å². The fourth-order valence-electron chi connectivity index (χ4n) is 5.30. The van der Waals surface area contributed by atoms with Gasteiger partial charge in [0.25, 0.3) is 5.91 Å². The Balaban J connectivity index is 1.61. The van der Waals surface area contributed by atoms with E-state index in [0.29, 0.717) is 5.56 Å². The topological polar surface area (TPSA) is 43.8 Å². The summed E-state index contributed by atoms with van der Waals surface area (Å²) >= 11 is 0. The monoisotopic (exact) mass is 482 g/mol. The average Bonchev–Trinajstić information content (AvgIpc) is 2.86. The molecule has 4 rings (SSSR count). The number of phenolic OH excluding ortho intramolecular Hbond substituents is 1. The largest absolute Gasteiger partial charge is 0.508 e. The van der Waals surface area contributed by atoms with Crippen LogP contribution >= 0.6 is 0 Å². The molecule has 1 N–H and O–H groups in total. The number of likely N-dealkylation sites (tertiary alicyclic amines) is 1. The minimum Gasteiger partial charge on any atom is -0.508 e. The van der Waals surface area contributed by atoms with Crippen LogP contribution in [0.2, 0.25) is 0 Å². The van der Waals surface area contributed by atoms with Crippen molar-refractivity contribution in [3.8, 4) is 5.75 Å². The molecule has 0 radical (unpaired) electrons. The van der Waals surface area contributed by atoms with Crippen molar-refractivity contribution in [1.29, 1.82) is 0 Å². The SMILES string of the molecule is CC(C)N(C(=O)c1ccc(C(=C2CCN(Cc3ccccc3)CC2)c2cccc(O)c2)cc1)C(C)C. The number of carbonyl (C=O) groups is 1. The number of amides is 1. The van der Waals surface area contributed by atoms with Gasteiger partial charge >= 0.3 is 0 Å². The number of carbonyl (C=O) groups excluding carboxylic acids is 1. The van der Waals surface area contributed by atoms with Gasteiger partial charge < -0.3 is 10.0 Å². The van der Waals surface area contributed by atoms with Crippen LogP contribution < -0.4 is 0 Å².